The van der Waals surface area contributed by atoms with E-state index < -0.39 is 0 Å². The van der Waals surface area contributed by atoms with Crippen LogP contribution >= 0.6 is 0 Å². The molecule has 0 amide bonds. The van der Waals surface area contributed by atoms with Crippen LogP contribution in [0.25, 0.3) is 21.8 Å². The average molecular weight is 227 g/mol. The van der Waals surface area contributed by atoms with Crippen molar-refractivity contribution in [1.82, 2.24) is 9.97 Å². The van der Waals surface area contributed by atoms with Crippen molar-refractivity contribution in [3.05, 3.63) is 47.0 Å². The van der Waals surface area contributed by atoms with E-state index in [-0.39, 0.29) is 5.82 Å². The van der Waals surface area contributed by atoms with Crippen LogP contribution in [0.15, 0.2) is 41.6 Å². The van der Waals surface area contributed by atoms with E-state index in [1.165, 1.54) is 0 Å². The van der Waals surface area contributed by atoms with Crippen LogP contribution in [0, 0.1) is 0 Å². The minimum absolute atomic E-state index is 0.281. The molecular formula is C11H9N5O. The van der Waals surface area contributed by atoms with Crippen molar-refractivity contribution in [3.8, 4) is 17.1 Å². The Kier molecular flexibility index (Phi) is 3.18. The summed E-state index contributed by atoms with van der Waals surface area (Å²) in [5.41, 5.74) is 9.11. The molecule has 0 saturated carbocycles. The van der Waals surface area contributed by atoms with Gasteiger partial charge in [-0.25, -0.2) is 9.97 Å². The number of para-hydroxylation sites is 1. The van der Waals surface area contributed by atoms with Crippen molar-refractivity contribution >= 4 is 5.82 Å². The molecule has 1 aromatic heterocycles. The SMILES string of the molecule is COc1ccccc1-c1nccc(N=[N+]=[N-])n1. The molecule has 0 spiro atoms. The first-order valence-corrected chi connectivity index (χ1v) is 4.86. The van der Waals surface area contributed by atoms with Crippen LogP contribution in [0.1, 0.15) is 0 Å². The maximum absolute atomic E-state index is 8.36. The molecule has 0 aliphatic rings. The predicted octanol–water partition coefficient (Wildman–Crippen LogP) is 3.09. The fourth-order valence-corrected chi connectivity index (χ4v) is 1.41. The largest absolute Gasteiger partial charge is 0.496 e. The molecule has 1 heterocycles. The second-order valence-corrected chi connectivity index (χ2v) is 3.13. The zero-order valence-electron chi connectivity index (χ0n) is 9.11. The zero-order chi connectivity index (χ0) is 12.1. The van der Waals surface area contributed by atoms with E-state index in [1.54, 1.807) is 19.4 Å². The van der Waals surface area contributed by atoms with Gasteiger partial charge in [-0.1, -0.05) is 12.1 Å². The third kappa shape index (κ3) is 2.32. The molecule has 2 aromatic rings. The Balaban J connectivity index is 2.52. The molecule has 0 fully saturated rings. The second-order valence-electron chi connectivity index (χ2n) is 3.13. The summed E-state index contributed by atoms with van der Waals surface area (Å²) in [5.74, 6) is 1.42. The predicted molar refractivity (Wildman–Crippen MR) is 62.8 cm³/mol. The van der Waals surface area contributed by atoms with Gasteiger partial charge in [-0.15, -0.1) is 0 Å². The van der Waals surface area contributed by atoms with Crippen LogP contribution in [0.5, 0.6) is 5.75 Å². The third-order valence-corrected chi connectivity index (χ3v) is 2.14. The topological polar surface area (TPSA) is 83.8 Å². The van der Waals surface area contributed by atoms with Gasteiger partial charge in [0.15, 0.2) is 5.82 Å². The standard InChI is InChI=1S/C11H9N5O/c1-17-9-5-3-2-4-8(9)11-13-7-6-10(14-11)15-16-12/h2-7H,1H3. The molecule has 0 bridgehead atoms. The number of methoxy groups -OCH3 is 1. The van der Waals surface area contributed by atoms with E-state index in [9.17, 15) is 0 Å². The number of azide groups is 1. The van der Waals surface area contributed by atoms with E-state index in [0.717, 1.165) is 5.56 Å². The zero-order valence-corrected chi connectivity index (χ0v) is 9.11. The van der Waals surface area contributed by atoms with Crippen LogP contribution in [0.4, 0.5) is 5.82 Å². The van der Waals surface area contributed by atoms with Crippen LogP contribution in [0.3, 0.4) is 0 Å². The number of hydrogen-bond donors (Lipinski definition) is 0. The van der Waals surface area contributed by atoms with Crippen molar-refractivity contribution in [3.63, 3.8) is 0 Å². The Morgan fingerprint density at radius 2 is 2.12 bits per heavy atom. The molecule has 0 aliphatic heterocycles. The molecule has 0 N–H and O–H groups in total. The molecule has 84 valence electrons. The first kappa shape index (κ1) is 10.9. The molecule has 0 radical (unpaired) electrons. The molecule has 2 rings (SSSR count). The van der Waals surface area contributed by atoms with Gasteiger partial charge < -0.3 is 4.74 Å². The van der Waals surface area contributed by atoms with Gasteiger partial charge in [0.1, 0.15) is 11.6 Å². The molecule has 6 heteroatoms. The summed E-state index contributed by atoms with van der Waals surface area (Å²) in [5, 5.41) is 3.44. The van der Waals surface area contributed by atoms with E-state index in [4.69, 9.17) is 10.3 Å². The van der Waals surface area contributed by atoms with Crippen molar-refractivity contribution in [2.45, 2.75) is 0 Å². The van der Waals surface area contributed by atoms with Gasteiger partial charge >= 0.3 is 0 Å². The highest BCUT2D eigenvalue weighted by atomic mass is 16.5. The second kappa shape index (κ2) is 4.96. The Labute approximate surface area is 97.5 Å². The van der Waals surface area contributed by atoms with Crippen LogP contribution < -0.4 is 4.74 Å². The molecule has 17 heavy (non-hydrogen) atoms. The normalized spacial score (nSPS) is 9.47. The number of benzene rings is 1. The Morgan fingerprint density at radius 3 is 2.88 bits per heavy atom. The number of ether oxygens (including phenoxy) is 1. The maximum Gasteiger partial charge on any atom is 0.163 e. The lowest BCUT2D eigenvalue weighted by molar-refractivity contribution is 0.416. The van der Waals surface area contributed by atoms with Gasteiger partial charge in [-0.2, -0.15) is 0 Å². The van der Waals surface area contributed by atoms with E-state index in [1.807, 2.05) is 24.3 Å². The number of rotatable bonds is 3. The molecule has 0 atom stereocenters. The number of hydrogen-bond acceptors (Lipinski definition) is 4. The Morgan fingerprint density at radius 1 is 1.29 bits per heavy atom. The van der Waals surface area contributed by atoms with Gasteiger partial charge in [0.25, 0.3) is 0 Å². The number of nitrogens with zero attached hydrogens (tertiary/aromatic N) is 5. The highest BCUT2D eigenvalue weighted by molar-refractivity contribution is 5.64. The van der Waals surface area contributed by atoms with Crippen molar-refractivity contribution < 1.29 is 4.74 Å². The monoisotopic (exact) mass is 227 g/mol. The molecule has 6 nitrogen and oxygen atoms in total. The first-order chi connectivity index (χ1) is 8.35. The van der Waals surface area contributed by atoms with Gasteiger partial charge in [-0.3, -0.25) is 0 Å². The van der Waals surface area contributed by atoms with Crippen LogP contribution in [-0.2, 0) is 0 Å². The lowest BCUT2D eigenvalue weighted by Gasteiger charge is -2.06. The van der Waals surface area contributed by atoms with E-state index in [2.05, 4.69) is 20.0 Å². The van der Waals surface area contributed by atoms with Gasteiger partial charge in [0.2, 0.25) is 0 Å². The minimum atomic E-state index is 0.281. The fourth-order valence-electron chi connectivity index (χ4n) is 1.41. The number of aromatic nitrogens is 2. The summed E-state index contributed by atoms with van der Waals surface area (Å²) in [6, 6.07) is 8.92. The summed E-state index contributed by atoms with van der Waals surface area (Å²) in [7, 11) is 1.58. The van der Waals surface area contributed by atoms with Gasteiger partial charge in [0, 0.05) is 11.1 Å². The van der Waals surface area contributed by atoms with Gasteiger partial charge in [0.05, 0.1) is 12.7 Å². The fraction of sp³-hybridized carbons (Fsp3) is 0.0909. The average Bonchev–Trinajstić information content (AvgIpc) is 2.39. The van der Waals surface area contributed by atoms with Crippen LogP contribution in [0.2, 0.25) is 0 Å². The molecule has 0 aliphatic carbocycles. The summed E-state index contributed by atoms with van der Waals surface area (Å²) in [6.07, 6.45) is 1.54. The van der Waals surface area contributed by atoms with E-state index in [0.29, 0.717) is 11.6 Å². The lowest BCUT2D eigenvalue weighted by Crippen LogP contribution is -1.92. The highest BCUT2D eigenvalue weighted by Gasteiger charge is 2.07. The molecule has 0 unspecified atom stereocenters. The lowest BCUT2D eigenvalue weighted by atomic mass is 10.2. The van der Waals surface area contributed by atoms with Crippen molar-refractivity contribution in [2.24, 2.45) is 5.11 Å². The third-order valence-electron chi connectivity index (χ3n) is 2.14. The maximum atomic E-state index is 8.36. The Bertz CT molecular complexity index is 578. The quantitative estimate of drug-likeness (QED) is 0.458. The molecule has 1 aromatic carbocycles. The first-order valence-electron chi connectivity index (χ1n) is 4.86. The summed E-state index contributed by atoms with van der Waals surface area (Å²) < 4.78 is 5.22. The summed E-state index contributed by atoms with van der Waals surface area (Å²) >= 11 is 0. The van der Waals surface area contributed by atoms with Crippen molar-refractivity contribution in [2.75, 3.05) is 7.11 Å². The summed E-state index contributed by atoms with van der Waals surface area (Å²) in [4.78, 5) is 10.9. The summed E-state index contributed by atoms with van der Waals surface area (Å²) in [6.45, 7) is 0. The smallest absolute Gasteiger partial charge is 0.163 e. The molecule has 0 saturated heterocycles. The van der Waals surface area contributed by atoms with E-state index >= 15 is 0 Å². The highest BCUT2D eigenvalue weighted by Crippen LogP contribution is 2.27. The minimum Gasteiger partial charge on any atom is -0.496 e. The molecular weight excluding hydrogens is 218 g/mol. The van der Waals surface area contributed by atoms with Gasteiger partial charge in [-0.05, 0) is 28.8 Å². The Hall–Kier alpha value is -2.59. The van der Waals surface area contributed by atoms with Crippen LogP contribution in [-0.4, -0.2) is 17.1 Å². The van der Waals surface area contributed by atoms with Crippen molar-refractivity contribution in [1.29, 1.82) is 0 Å².